The summed E-state index contributed by atoms with van der Waals surface area (Å²) in [5.74, 6) is -1.43. The number of hydrogen-bond donors (Lipinski definition) is 1. The Morgan fingerprint density at radius 1 is 0.846 bits per heavy atom. The number of hydrogen-bond acceptors (Lipinski definition) is 11. The largest absolute Gasteiger partial charge is 0.434 e. The van der Waals surface area contributed by atoms with Crippen molar-refractivity contribution in [3.05, 3.63) is 25.3 Å². The van der Waals surface area contributed by atoms with Crippen LogP contribution in [0.5, 0.6) is 18.0 Å². The van der Waals surface area contributed by atoms with E-state index in [1.807, 2.05) is 0 Å². The maximum atomic E-state index is 11.2. The number of rotatable bonds is 10. The fourth-order valence-electron chi connectivity index (χ4n) is 1.40. The van der Waals surface area contributed by atoms with Gasteiger partial charge in [-0.1, -0.05) is 13.2 Å². The van der Waals surface area contributed by atoms with Gasteiger partial charge >= 0.3 is 30.0 Å². The average molecular weight is 369 g/mol. The van der Waals surface area contributed by atoms with E-state index >= 15 is 0 Å². The highest BCUT2D eigenvalue weighted by Crippen LogP contribution is 2.18. The van der Waals surface area contributed by atoms with Crippen LogP contribution in [0.4, 0.5) is 0 Å². The van der Waals surface area contributed by atoms with E-state index in [4.69, 9.17) is 23.7 Å². The van der Waals surface area contributed by atoms with Crippen molar-refractivity contribution in [1.29, 1.82) is 0 Å². The highest BCUT2D eigenvalue weighted by Gasteiger charge is 2.18. The van der Waals surface area contributed by atoms with Gasteiger partial charge in [0.25, 0.3) is 0 Å². The summed E-state index contributed by atoms with van der Waals surface area (Å²) in [6.45, 7) is 10.7. The third kappa shape index (κ3) is 7.57. The minimum Gasteiger partial charge on any atom is -0.434 e. The zero-order valence-electron chi connectivity index (χ0n) is 14.4. The fourth-order valence-corrected chi connectivity index (χ4v) is 1.40. The van der Waals surface area contributed by atoms with E-state index in [1.165, 1.54) is 20.8 Å². The molecule has 1 aromatic rings. The third-order valence-electron chi connectivity index (χ3n) is 2.29. The second-order valence-corrected chi connectivity index (χ2v) is 4.55. The van der Waals surface area contributed by atoms with Crippen LogP contribution in [-0.2, 0) is 19.1 Å². The van der Waals surface area contributed by atoms with Crippen LogP contribution in [0.15, 0.2) is 25.3 Å². The van der Waals surface area contributed by atoms with Crippen LogP contribution in [0, 0.1) is 0 Å². The molecule has 0 aliphatic heterocycles. The van der Waals surface area contributed by atoms with Crippen LogP contribution < -0.4 is 14.2 Å². The summed E-state index contributed by atoms with van der Waals surface area (Å²) in [5, 5.41) is 9.29. The van der Waals surface area contributed by atoms with Crippen molar-refractivity contribution in [2.24, 2.45) is 0 Å². The molecule has 0 amide bonds. The molecule has 0 spiro atoms. The van der Waals surface area contributed by atoms with Crippen molar-refractivity contribution in [2.75, 3.05) is 0 Å². The summed E-state index contributed by atoms with van der Waals surface area (Å²) in [7, 11) is 0. The molecule has 1 heterocycles. The average Bonchev–Trinajstić information content (AvgIpc) is 2.53. The Morgan fingerprint density at radius 3 is 1.50 bits per heavy atom. The van der Waals surface area contributed by atoms with Crippen LogP contribution >= 0.6 is 0 Å². The quantitative estimate of drug-likeness (QED) is 0.350. The Labute approximate surface area is 149 Å². The highest BCUT2D eigenvalue weighted by molar-refractivity contribution is 5.81. The van der Waals surface area contributed by atoms with Crippen LogP contribution in [0.25, 0.3) is 0 Å². The first kappa shape index (κ1) is 20.8. The number of carbonyl (C=O) groups is 2. The van der Waals surface area contributed by atoms with Gasteiger partial charge < -0.3 is 28.8 Å². The Morgan fingerprint density at radius 2 is 1.19 bits per heavy atom. The molecule has 0 fully saturated rings. The monoisotopic (exact) mass is 369 g/mol. The van der Waals surface area contributed by atoms with Crippen molar-refractivity contribution in [3.8, 4) is 18.0 Å². The second-order valence-electron chi connectivity index (χ2n) is 4.55. The molecule has 0 radical (unpaired) electrons. The van der Waals surface area contributed by atoms with E-state index in [0.717, 1.165) is 12.2 Å². The molecule has 3 unspecified atom stereocenters. The lowest BCUT2D eigenvalue weighted by Gasteiger charge is -2.16. The molecule has 0 saturated heterocycles. The fraction of sp³-hybridized carbons (Fsp3) is 0.400. The Hall–Kier alpha value is -3.21. The van der Waals surface area contributed by atoms with Gasteiger partial charge in [0.15, 0.2) is 6.29 Å². The number of nitrogens with zero attached hydrogens (tertiary/aromatic N) is 3. The van der Waals surface area contributed by atoms with E-state index < -0.39 is 30.8 Å². The van der Waals surface area contributed by atoms with Crippen molar-refractivity contribution >= 4 is 11.9 Å². The molecule has 0 aliphatic rings. The van der Waals surface area contributed by atoms with Gasteiger partial charge in [-0.15, -0.1) is 15.0 Å². The van der Waals surface area contributed by atoms with Gasteiger partial charge in [-0.3, -0.25) is 0 Å². The van der Waals surface area contributed by atoms with Crippen LogP contribution in [-0.4, -0.2) is 50.9 Å². The number of ether oxygens (including phenoxy) is 5. The first-order valence-electron chi connectivity index (χ1n) is 7.33. The van der Waals surface area contributed by atoms with Gasteiger partial charge in [-0.2, -0.15) is 0 Å². The summed E-state index contributed by atoms with van der Waals surface area (Å²) in [5.41, 5.74) is 0. The molecule has 0 bridgehead atoms. The maximum absolute atomic E-state index is 11.2. The molecule has 1 rings (SSSR count). The van der Waals surface area contributed by atoms with Crippen molar-refractivity contribution in [3.63, 3.8) is 0 Å². The summed E-state index contributed by atoms with van der Waals surface area (Å²) >= 11 is 0. The van der Waals surface area contributed by atoms with E-state index in [0.29, 0.717) is 0 Å². The van der Waals surface area contributed by atoms with E-state index in [-0.39, 0.29) is 18.0 Å². The molecule has 26 heavy (non-hydrogen) atoms. The van der Waals surface area contributed by atoms with Gasteiger partial charge in [0.1, 0.15) is 0 Å². The summed E-state index contributed by atoms with van der Waals surface area (Å²) in [6.07, 6.45) is -1.44. The van der Waals surface area contributed by atoms with E-state index in [1.54, 1.807) is 0 Å². The first-order chi connectivity index (χ1) is 12.2. The van der Waals surface area contributed by atoms with Gasteiger partial charge in [0.05, 0.1) is 0 Å². The van der Waals surface area contributed by atoms with Crippen molar-refractivity contribution in [2.45, 2.75) is 39.6 Å². The molecule has 11 nitrogen and oxygen atoms in total. The van der Waals surface area contributed by atoms with Gasteiger partial charge in [-0.05, 0) is 6.92 Å². The predicted molar refractivity (Wildman–Crippen MR) is 84.9 cm³/mol. The number of esters is 2. The Bertz CT molecular complexity index is 616. The van der Waals surface area contributed by atoms with Gasteiger partial charge in [0, 0.05) is 26.0 Å². The van der Waals surface area contributed by atoms with Crippen LogP contribution in [0.1, 0.15) is 20.8 Å². The number of carbonyl (C=O) groups excluding carboxylic acids is 2. The molecule has 0 saturated carbocycles. The SMILES string of the molecule is C=CC(=O)OC(C)Oc1nc(OC(C)O)nc(OC(C)OC(=O)C=C)n1. The smallest absolute Gasteiger partial charge is 0.333 e. The van der Waals surface area contributed by atoms with Gasteiger partial charge in [-0.25, -0.2) is 9.59 Å². The lowest BCUT2D eigenvalue weighted by atomic mass is 10.6. The normalized spacial score (nSPS) is 13.5. The van der Waals surface area contributed by atoms with Crippen molar-refractivity contribution in [1.82, 2.24) is 15.0 Å². The van der Waals surface area contributed by atoms with Crippen LogP contribution in [0.2, 0.25) is 0 Å². The molecule has 0 aromatic carbocycles. The lowest BCUT2D eigenvalue weighted by molar-refractivity contribution is -0.155. The second kappa shape index (κ2) is 9.93. The van der Waals surface area contributed by atoms with Crippen LogP contribution in [0.3, 0.4) is 0 Å². The molecule has 0 aliphatic carbocycles. The minimum absolute atomic E-state index is 0.322. The van der Waals surface area contributed by atoms with Gasteiger partial charge in [0.2, 0.25) is 12.6 Å². The molecule has 142 valence electrons. The molecule has 3 atom stereocenters. The molecule has 1 N–H and O–H groups in total. The standard InChI is InChI=1S/C15H19N3O8/c1-6-11(20)23-9(4)25-14-16-13(22-8(3)19)17-15(18-14)26-10(5)24-12(21)7-2/h6-10,19H,1-2H2,3-5H3. The first-order valence-corrected chi connectivity index (χ1v) is 7.33. The lowest BCUT2D eigenvalue weighted by Crippen LogP contribution is -2.23. The molecule has 11 heteroatoms. The summed E-state index contributed by atoms with van der Waals surface area (Å²) in [6, 6.07) is -0.973. The number of aliphatic hydroxyl groups excluding tert-OH is 1. The predicted octanol–water partition coefficient (Wildman–Crippen LogP) is 0.497. The Kier molecular flexibility index (Phi) is 7.96. The van der Waals surface area contributed by atoms with E-state index in [9.17, 15) is 14.7 Å². The summed E-state index contributed by atoms with van der Waals surface area (Å²) in [4.78, 5) is 33.7. The maximum Gasteiger partial charge on any atom is 0.333 e. The summed E-state index contributed by atoms with van der Waals surface area (Å²) < 4.78 is 25.0. The number of aromatic nitrogens is 3. The molecular formula is C15H19N3O8. The topological polar surface area (TPSA) is 139 Å². The zero-order chi connectivity index (χ0) is 19.7. The van der Waals surface area contributed by atoms with Crippen molar-refractivity contribution < 1.29 is 38.4 Å². The third-order valence-corrected chi connectivity index (χ3v) is 2.29. The molecular weight excluding hydrogens is 350 g/mol. The molecule has 1 aromatic heterocycles. The minimum atomic E-state index is -1.23. The zero-order valence-corrected chi connectivity index (χ0v) is 14.4. The van der Waals surface area contributed by atoms with E-state index in [2.05, 4.69) is 28.1 Å². The Balaban J connectivity index is 2.94. The number of aliphatic hydroxyl groups is 1. The highest BCUT2D eigenvalue weighted by atomic mass is 16.7.